The van der Waals surface area contributed by atoms with E-state index < -0.39 is 0 Å². The van der Waals surface area contributed by atoms with E-state index in [1.165, 1.54) is 12.8 Å². The molecule has 2 rings (SSSR count). The van der Waals surface area contributed by atoms with E-state index in [4.69, 9.17) is 10.00 Å². The number of hydrogen-bond acceptors (Lipinski definition) is 4. The third-order valence-corrected chi connectivity index (χ3v) is 4.11. The third-order valence-electron chi connectivity index (χ3n) is 4.11. The highest BCUT2D eigenvalue weighted by Gasteiger charge is 2.22. The van der Waals surface area contributed by atoms with Crippen LogP contribution in [0.5, 0.6) is 5.75 Å². The molecule has 21 heavy (non-hydrogen) atoms. The molecular weight excluding hydrogens is 262 g/mol. The SMILES string of the molecule is CC1CC(Nc2cccc(OCCCC#N)c2)CCN1C. The summed E-state index contributed by atoms with van der Waals surface area (Å²) in [5.74, 6) is 0.874. The number of anilines is 1. The first kappa shape index (κ1) is 15.7. The van der Waals surface area contributed by atoms with Crippen molar-refractivity contribution in [3.8, 4) is 11.8 Å². The van der Waals surface area contributed by atoms with E-state index in [0.29, 0.717) is 25.1 Å². The molecule has 1 aromatic rings. The lowest BCUT2D eigenvalue weighted by atomic mass is 9.98. The molecule has 1 saturated heterocycles. The van der Waals surface area contributed by atoms with Gasteiger partial charge in [-0.25, -0.2) is 0 Å². The van der Waals surface area contributed by atoms with Gasteiger partial charge in [0.2, 0.25) is 0 Å². The molecule has 4 heteroatoms. The standard InChI is InChI=1S/C17H25N3O/c1-14-12-16(8-10-20(14)2)19-15-6-5-7-17(13-15)21-11-4-3-9-18/h5-7,13-14,16,19H,3-4,8,10-12H2,1-2H3. The maximum absolute atomic E-state index is 8.51. The van der Waals surface area contributed by atoms with Gasteiger partial charge in [-0.2, -0.15) is 5.26 Å². The molecule has 4 nitrogen and oxygen atoms in total. The number of hydrogen-bond donors (Lipinski definition) is 1. The maximum atomic E-state index is 8.51. The van der Waals surface area contributed by atoms with Gasteiger partial charge in [0.25, 0.3) is 0 Å². The Morgan fingerprint density at radius 3 is 3.10 bits per heavy atom. The number of benzene rings is 1. The van der Waals surface area contributed by atoms with E-state index in [1.807, 2.05) is 12.1 Å². The quantitative estimate of drug-likeness (QED) is 0.816. The lowest BCUT2D eigenvalue weighted by Gasteiger charge is -2.35. The van der Waals surface area contributed by atoms with Gasteiger partial charge in [-0.15, -0.1) is 0 Å². The summed E-state index contributed by atoms with van der Waals surface area (Å²) in [6, 6.07) is 11.4. The van der Waals surface area contributed by atoms with Gasteiger partial charge in [0.15, 0.2) is 0 Å². The molecule has 0 radical (unpaired) electrons. The molecule has 1 heterocycles. The second kappa shape index (κ2) is 7.90. The fourth-order valence-electron chi connectivity index (χ4n) is 2.67. The topological polar surface area (TPSA) is 48.3 Å². The molecule has 1 aliphatic heterocycles. The zero-order valence-electron chi connectivity index (χ0n) is 13.0. The zero-order chi connectivity index (χ0) is 15.1. The first-order chi connectivity index (χ1) is 10.2. The van der Waals surface area contributed by atoms with Crippen molar-refractivity contribution in [2.75, 3.05) is 25.5 Å². The van der Waals surface area contributed by atoms with Crippen molar-refractivity contribution < 1.29 is 4.74 Å². The summed E-state index contributed by atoms with van der Waals surface area (Å²) < 4.78 is 5.68. The molecule has 2 atom stereocenters. The number of nitrogens with one attached hydrogen (secondary N) is 1. The highest BCUT2D eigenvalue weighted by atomic mass is 16.5. The Kier molecular flexibility index (Phi) is 5.89. The summed E-state index contributed by atoms with van der Waals surface area (Å²) in [5.41, 5.74) is 1.12. The summed E-state index contributed by atoms with van der Waals surface area (Å²) >= 11 is 0. The van der Waals surface area contributed by atoms with Crippen LogP contribution >= 0.6 is 0 Å². The van der Waals surface area contributed by atoms with Crippen molar-refractivity contribution in [1.82, 2.24) is 4.90 Å². The third kappa shape index (κ3) is 4.95. The summed E-state index contributed by atoms with van der Waals surface area (Å²) in [5, 5.41) is 12.1. The fourth-order valence-corrected chi connectivity index (χ4v) is 2.67. The van der Waals surface area contributed by atoms with Crippen LogP contribution in [0.2, 0.25) is 0 Å². The molecule has 0 saturated carbocycles. The number of nitrogens with zero attached hydrogens (tertiary/aromatic N) is 2. The molecule has 0 amide bonds. The number of nitriles is 1. The van der Waals surface area contributed by atoms with Crippen molar-refractivity contribution in [3.05, 3.63) is 24.3 Å². The first-order valence-electron chi connectivity index (χ1n) is 7.75. The van der Waals surface area contributed by atoms with E-state index in [2.05, 4.69) is 42.4 Å². The molecule has 1 aromatic carbocycles. The van der Waals surface area contributed by atoms with Crippen molar-refractivity contribution in [1.29, 1.82) is 5.26 Å². The van der Waals surface area contributed by atoms with Crippen LogP contribution in [0.4, 0.5) is 5.69 Å². The molecular formula is C17H25N3O. The van der Waals surface area contributed by atoms with E-state index in [0.717, 1.165) is 24.4 Å². The number of ether oxygens (including phenoxy) is 1. The van der Waals surface area contributed by atoms with Crippen LogP contribution in [0, 0.1) is 11.3 Å². The van der Waals surface area contributed by atoms with Gasteiger partial charge in [0.1, 0.15) is 5.75 Å². The van der Waals surface area contributed by atoms with Gasteiger partial charge < -0.3 is 15.0 Å². The van der Waals surface area contributed by atoms with Crippen molar-refractivity contribution >= 4 is 5.69 Å². The number of piperidine rings is 1. The minimum atomic E-state index is 0.532. The Labute approximate surface area is 127 Å². The average molecular weight is 287 g/mol. The van der Waals surface area contributed by atoms with Crippen LogP contribution in [-0.2, 0) is 0 Å². The van der Waals surface area contributed by atoms with Crippen LogP contribution in [0.25, 0.3) is 0 Å². The van der Waals surface area contributed by atoms with E-state index in [9.17, 15) is 0 Å². The highest BCUT2D eigenvalue weighted by Crippen LogP contribution is 2.23. The van der Waals surface area contributed by atoms with Crippen molar-refractivity contribution in [2.45, 2.75) is 44.7 Å². The number of rotatable bonds is 6. The van der Waals surface area contributed by atoms with Crippen LogP contribution < -0.4 is 10.1 Å². The highest BCUT2D eigenvalue weighted by molar-refractivity contribution is 5.49. The van der Waals surface area contributed by atoms with Gasteiger partial charge in [0, 0.05) is 36.8 Å². The Morgan fingerprint density at radius 1 is 1.48 bits per heavy atom. The van der Waals surface area contributed by atoms with E-state index >= 15 is 0 Å². The Morgan fingerprint density at radius 2 is 2.33 bits per heavy atom. The molecule has 0 bridgehead atoms. The minimum absolute atomic E-state index is 0.532. The second-order valence-corrected chi connectivity index (χ2v) is 5.83. The fraction of sp³-hybridized carbons (Fsp3) is 0.588. The van der Waals surface area contributed by atoms with Crippen LogP contribution in [0.15, 0.2) is 24.3 Å². The lowest BCUT2D eigenvalue weighted by molar-refractivity contribution is 0.190. The second-order valence-electron chi connectivity index (χ2n) is 5.83. The maximum Gasteiger partial charge on any atom is 0.121 e. The van der Waals surface area contributed by atoms with E-state index in [1.54, 1.807) is 0 Å². The first-order valence-corrected chi connectivity index (χ1v) is 7.75. The summed E-state index contributed by atoms with van der Waals surface area (Å²) in [6.45, 7) is 4.02. The summed E-state index contributed by atoms with van der Waals surface area (Å²) in [7, 11) is 2.19. The number of likely N-dealkylation sites (tertiary alicyclic amines) is 1. The Balaban J connectivity index is 1.85. The van der Waals surface area contributed by atoms with Gasteiger partial charge in [-0.05, 0) is 45.4 Å². The molecule has 1 N–H and O–H groups in total. The predicted octanol–water partition coefficient (Wildman–Crippen LogP) is 3.26. The predicted molar refractivity (Wildman–Crippen MR) is 85.5 cm³/mol. The largest absolute Gasteiger partial charge is 0.493 e. The lowest BCUT2D eigenvalue weighted by Crippen LogP contribution is -2.42. The van der Waals surface area contributed by atoms with Gasteiger partial charge in [-0.3, -0.25) is 0 Å². The molecule has 1 fully saturated rings. The smallest absolute Gasteiger partial charge is 0.121 e. The molecule has 0 aromatic heterocycles. The van der Waals surface area contributed by atoms with Gasteiger partial charge >= 0.3 is 0 Å². The molecule has 0 aliphatic carbocycles. The van der Waals surface area contributed by atoms with Gasteiger partial charge in [-0.1, -0.05) is 6.07 Å². The monoisotopic (exact) mass is 287 g/mol. The molecule has 2 unspecified atom stereocenters. The van der Waals surface area contributed by atoms with Crippen LogP contribution in [0.3, 0.4) is 0 Å². The molecule has 0 spiro atoms. The minimum Gasteiger partial charge on any atom is -0.493 e. The Bertz CT molecular complexity index is 483. The van der Waals surface area contributed by atoms with Crippen molar-refractivity contribution in [3.63, 3.8) is 0 Å². The average Bonchev–Trinajstić information content (AvgIpc) is 2.48. The molecule has 114 valence electrons. The van der Waals surface area contributed by atoms with Crippen LogP contribution in [-0.4, -0.2) is 37.2 Å². The zero-order valence-corrected chi connectivity index (χ0v) is 13.0. The van der Waals surface area contributed by atoms with E-state index in [-0.39, 0.29) is 0 Å². The van der Waals surface area contributed by atoms with Gasteiger partial charge in [0.05, 0.1) is 12.7 Å². The normalized spacial score (nSPS) is 22.5. The number of unbranched alkanes of at least 4 members (excludes halogenated alkanes) is 1. The Hall–Kier alpha value is -1.73. The van der Waals surface area contributed by atoms with Crippen molar-refractivity contribution in [2.24, 2.45) is 0 Å². The molecule has 1 aliphatic rings. The van der Waals surface area contributed by atoms with Crippen LogP contribution in [0.1, 0.15) is 32.6 Å². The summed E-state index contributed by atoms with van der Waals surface area (Å²) in [6.07, 6.45) is 3.67. The summed E-state index contributed by atoms with van der Waals surface area (Å²) in [4.78, 5) is 2.41.